The minimum atomic E-state index is -3.77. The number of carbonyl (C=O) groups excluding carboxylic acids is 2. The highest BCUT2D eigenvalue weighted by atomic mass is 35.5. The van der Waals surface area contributed by atoms with E-state index in [2.05, 4.69) is 15.4 Å². The Morgan fingerprint density at radius 2 is 2.09 bits per heavy atom. The van der Waals surface area contributed by atoms with Crippen molar-refractivity contribution in [2.24, 2.45) is 0 Å². The molecule has 126 valence electrons. The lowest BCUT2D eigenvalue weighted by Crippen LogP contribution is -2.50. The Morgan fingerprint density at radius 3 is 2.78 bits per heavy atom. The van der Waals surface area contributed by atoms with Crippen molar-refractivity contribution in [2.45, 2.75) is 30.2 Å². The van der Waals surface area contributed by atoms with Crippen molar-refractivity contribution < 1.29 is 18.0 Å². The van der Waals surface area contributed by atoms with Gasteiger partial charge in [0, 0.05) is 19.5 Å². The Labute approximate surface area is 139 Å². The van der Waals surface area contributed by atoms with E-state index in [0.29, 0.717) is 13.0 Å². The van der Waals surface area contributed by atoms with Gasteiger partial charge in [0.05, 0.1) is 5.02 Å². The molecule has 7 nitrogen and oxygen atoms in total. The SMILES string of the molecule is O=C(CCNS(=O)(=O)c1ccccc1Cl)NC1CCCNC1=O. The summed E-state index contributed by atoms with van der Waals surface area (Å²) in [5.74, 6) is -0.588. The van der Waals surface area contributed by atoms with Crippen molar-refractivity contribution in [2.75, 3.05) is 13.1 Å². The quantitative estimate of drug-likeness (QED) is 0.684. The first-order chi connectivity index (χ1) is 10.9. The predicted octanol–water partition coefficient (Wildman–Crippen LogP) is 0.403. The molecule has 1 fully saturated rings. The minimum Gasteiger partial charge on any atom is -0.354 e. The molecule has 1 unspecified atom stereocenters. The third-order valence-electron chi connectivity index (χ3n) is 3.39. The molecular weight excluding hydrogens is 342 g/mol. The Bertz CT molecular complexity index is 693. The average molecular weight is 360 g/mol. The predicted molar refractivity (Wildman–Crippen MR) is 85.4 cm³/mol. The van der Waals surface area contributed by atoms with Gasteiger partial charge >= 0.3 is 0 Å². The summed E-state index contributed by atoms with van der Waals surface area (Å²) in [5.41, 5.74) is 0. The van der Waals surface area contributed by atoms with E-state index >= 15 is 0 Å². The number of hydrogen-bond donors (Lipinski definition) is 3. The molecule has 2 rings (SSSR count). The van der Waals surface area contributed by atoms with Crippen molar-refractivity contribution in [3.63, 3.8) is 0 Å². The van der Waals surface area contributed by atoms with Crippen molar-refractivity contribution in [1.29, 1.82) is 0 Å². The smallest absolute Gasteiger partial charge is 0.242 e. The van der Waals surface area contributed by atoms with Crippen LogP contribution in [0.5, 0.6) is 0 Å². The second-order valence-corrected chi connectivity index (χ2v) is 7.27. The van der Waals surface area contributed by atoms with Crippen molar-refractivity contribution in [3.8, 4) is 0 Å². The Morgan fingerprint density at radius 1 is 1.35 bits per heavy atom. The van der Waals surface area contributed by atoms with Crippen LogP contribution >= 0.6 is 11.6 Å². The fraction of sp³-hybridized carbons (Fsp3) is 0.429. The molecule has 0 spiro atoms. The van der Waals surface area contributed by atoms with Gasteiger partial charge in [0.25, 0.3) is 0 Å². The molecule has 1 saturated heterocycles. The van der Waals surface area contributed by atoms with E-state index in [1.807, 2.05) is 0 Å². The van der Waals surface area contributed by atoms with Crippen LogP contribution in [0.4, 0.5) is 0 Å². The number of carbonyl (C=O) groups is 2. The van der Waals surface area contributed by atoms with Gasteiger partial charge in [-0.25, -0.2) is 13.1 Å². The molecule has 1 aromatic carbocycles. The summed E-state index contributed by atoms with van der Waals surface area (Å²) < 4.78 is 26.5. The number of benzene rings is 1. The average Bonchev–Trinajstić information content (AvgIpc) is 2.49. The molecule has 0 aromatic heterocycles. The third-order valence-corrected chi connectivity index (χ3v) is 5.35. The van der Waals surface area contributed by atoms with Crippen LogP contribution in [0.15, 0.2) is 29.2 Å². The van der Waals surface area contributed by atoms with Gasteiger partial charge in [-0.05, 0) is 25.0 Å². The lowest BCUT2D eigenvalue weighted by atomic mass is 10.1. The minimum absolute atomic E-state index is 0.0336. The summed E-state index contributed by atoms with van der Waals surface area (Å²) in [5, 5.41) is 5.37. The second-order valence-electron chi connectivity index (χ2n) is 5.13. The molecule has 1 aromatic rings. The maximum Gasteiger partial charge on any atom is 0.242 e. The molecule has 0 saturated carbocycles. The molecular formula is C14H18ClN3O4S. The van der Waals surface area contributed by atoms with Crippen LogP contribution in [0.3, 0.4) is 0 Å². The molecule has 1 aliphatic rings. The van der Waals surface area contributed by atoms with Gasteiger partial charge in [-0.2, -0.15) is 0 Å². The Kier molecular flexibility index (Phi) is 5.97. The van der Waals surface area contributed by atoms with Crippen LogP contribution in [0, 0.1) is 0 Å². The summed E-state index contributed by atoms with van der Waals surface area (Å²) in [7, 11) is -3.77. The highest BCUT2D eigenvalue weighted by Crippen LogP contribution is 2.19. The molecule has 0 bridgehead atoms. The molecule has 1 aliphatic heterocycles. The van der Waals surface area contributed by atoms with Gasteiger partial charge in [-0.3, -0.25) is 9.59 Å². The summed E-state index contributed by atoms with van der Waals surface area (Å²) in [4.78, 5) is 23.3. The monoisotopic (exact) mass is 359 g/mol. The summed E-state index contributed by atoms with van der Waals surface area (Å²) in [6.07, 6.45) is 1.33. The number of halogens is 1. The number of piperidine rings is 1. The number of sulfonamides is 1. The largest absolute Gasteiger partial charge is 0.354 e. The molecule has 1 atom stereocenters. The van der Waals surface area contributed by atoms with E-state index < -0.39 is 16.1 Å². The van der Waals surface area contributed by atoms with Crippen LogP contribution < -0.4 is 15.4 Å². The first kappa shape index (κ1) is 17.7. The second kappa shape index (κ2) is 7.76. The van der Waals surface area contributed by atoms with Crippen LogP contribution in [0.1, 0.15) is 19.3 Å². The molecule has 23 heavy (non-hydrogen) atoms. The van der Waals surface area contributed by atoms with E-state index in [9.17, 15) is 18.0 Å². The lowest BCUT2D eigenvalue weighted by molar-refractivity contribution is -0.130. The zero-order chi connectivity index (χ0) is 16.9. The van der Waals surface area contributed by atoms with E-state index in [4.69, 9.17) is 11.6 Å². The molecule has 9 heteroatoms. The topological polar surface area (TPSA) is 104 Å². The summed E-state index contributed by atoms with van der Waals surface area (Å²) in [6, 6.07) is 5.51. The van der Waals surface area contributed by atoms with Crippen molar-refractivity contribution >= 4 is 33.4 Å². The van der Waals surface area contributed by atoms with Gasteiger partial charge in [-0.1, -0.05) is 23.7 Å². The van der Waals surface area contributed by atoms with E-state index in [-0.39, 0.29) is 34.7 Å². The van der Waals surface area contributed by atoms with Crippen LogP contribution in [-0.4, -0.2) is 39.4 Å². The maximum absolute atomic E-state index is 12.1. The Hall–Kier alpha value is -1.64. The molecule has 2 amide bonds. The molecule has 0 aliphatic carbocycles. The van der Waals surface area contributed by atoms with E-state index in [0.717, 1.165) is 6.42 Å². The van der Waals surface area contributed by atoms with E-state index in [1.165, 1.54) is 12.1 Å². The fourth-order valence-corrected chi connectivity index (χ4v) is 3.76. The standard InChI is InChI=1S/C14H18ClN3O4S/c15-10-4-1-2-6-12(10)23(21,22)17-9-7-13(19)18-11-5-3-8-16-14(11)20/h1-2,4,6,11,17H,3,5,7-9H2,(H,16,20)(H,18,19). The zero-order valence-corrected chi connectivity index (χ0v) is 13.9. The third kappa shape index (κ3) is 4.92. The van der Waals surface area contributed by atoms with Gasteiger partial charge in [-0.15, -0.1) is 0 Å². The van der Waals surface area contributed by atoms with Gasteiger partial charge in [0.2, 0.25) is 21.8 Å². The van der Waals surface area contributed by atoms with Gasteiger partial charge < -0.3 is 10.6 Å². The van der Waals surface area contributed by atoms with Crippen LogP contribution in [0.25, 0.3) is 0 Å². The fourth-order valence-electron chi connectivity index (χ4n) is 2.22. The lowest BCUT2D eigenvalue weighted by Gasteiger charge is -2.22. The first-order valence-electron chi connectivity index (χ1n) is 7.21. The normalized spacial score (nSPS) is 18.3. The highest BCUT2D eigenvalue weighted by Gasteiger charge is 2.23. The maximum atomic E-state index is 12.1. The number of nitrogens with one attached hydrogen (secondary N) is 3. The molecule has 3 N–H and O–H groups in total. The highest BCUT2D eigenvalue weighted by molar-refractivity contribution is 7.89. The van der Waals surface area contributed by atoms with Gasteiger partial charge in [0.15, 0.2) is 0 Å². The Balaban J connectivity index is 1.83. The van der Waals surface area contributed by atoms with Crippen molar-refractivity contribution in [3.05, 3.63) is 29.3 Å². The first-order valence-corrected chi connectivity index (χ1v) is 9.07. The zero-order valence-electron chi connectivity index (χ0n) is 12.3. The summed E-state index contributed by atoms with van der Waals surface area (Å²) >= 11 is 5.85. The van der Waals surface area contributed by atoms with Gasteiger partial charge in [0.1, 0.15) is 10.9 Å². The van der Waals surface area contributed by atoms with Crippen molar-refractivity contribution in [1.82, 2.24) is 15.4 Å². The molecule has 0 radical (unpaired) electrons. The number of hydrogen-bond acceptors (Lipinski definition) is 4. The van der Waals surface area contributed by atoms with Crippen LogP contribution in [-0.2, 0) is 19.6 Å². The summed E-state index contributed by atoms with van der Waals surface area (Å²) in [6.45, 7) is 0.538. The number of amides is 2. The molecule has 1 heterocycles. The van der Waals surface area contributed by atoms with E-state index in [1.54, 1.807) is 12.1 Å². The van der Waals surface area contributed by atoms with Crippen LogP contribution in [0.2, 0.25) is 5.02 Å². The number of rotatable bonds is 6.